The molecule has 1 rings (SSSR count). The zero-order valence-electron chi connectivity index (χ0n) is 8.69. The van der Waals surface area contributed by atoms with Gasteiger partial charge >= 0.3 is 0 Å². The SMILES string of the molecule is CCC(C)(CBr)Cc1cccc(Cl)c1. The highest BCUT2D eigenvalue weighted by atomic mass is 79.9. The van der Waals surface area contributed by atoms with Crippen LogP contribution in [0.1, 0.15) is 25.8 Å². The zero-order valence-corrected chi connectivity index (χ0v) is 11.0. The summed E-state index contributed by atoms with van der Waals surface area (Å²) < 4.78 is 0. The molecule has 0 spiro atoms. The molecule has 14 heavy (non-hydrogen) atoms. The zero-order chi connectivity index (χ0) is 10.6. The van der Waals surface area contributed by atoms with E-state index < -0.39 is 0 Å². The Morgan fingerprint density at radius 1 is 1.43 bits per heavy atom. The minimum Gasteiger partial charge on any atom is -0.0922 e. The van der Waals surface area contributed by atoms with Crippen molar-refractivity contribution in [1.29, 1.82) is 0 Å². The lowest BCUT2D eigenvalue weighted by atomic mass is 9.83. The third-order valence-electron chi connectivity index (χ3n) is 2.70. The lowest BCUT2D eigenvalue weighted by Crippen LogP contribution is -2.20. The van der Waals surface area contributed by atoms with Crippen molar-refractivity contribution in [3.05, 3.63) is 34.9 Å². The van der Waals surface area contributed by atoms with Crippen LogP contribution in [-0.2, 0) is 6.42 Å². The third kappa shape index (κ3) is 3.29. The number of benzene rings is 1. The van der Waals surface area contributed by atoms with Crippen molar-refractivity contribution < 1.29 is 0 Å². The summed E-state index contributed by atoms with van der Waals surface area (Å²) in [7, 11) is 0. The Morgan fingerprint density at radius 2 is 2.14 bits per heavy atom. The summed E-state index contributed by atoms with van der Waals surface area (Å²) in [5.74, 6) is 0. The molecule has 0 saturated carbocycles. The van der Waals surface area contributed by atoms with Gasteiger partial charge in [0.15, 0.2) is 0 Å². The molecule has 0 saturated heterocycles. The quantitative estimate of drug-likeness (QED) is 0.699. The molecule has 1 aromatic carbocycles. The first-order valence-electron chi connectivity index (χ1n) is 4.90. The predicted molar refractivity (Wildman–Crippen MR) is 67.3 cm³/mol. The van der Waals surface area contributed by atoms with E-state index in [0.717, 1.165) is 16.8 Å². The maximum Gasteiger partial charge on any atom is 0.0408 e. The van der Waals surface area contributed by atoms with Gasteiger partial charge in [0.05, 0.1) is 0 Å². The van der Waals surface area contributed by atoms with Gasteiger partial charge in [0.25, 0.3) is 0 Å². The van der Waals surface area contributed by atoms with E-state index in [9.17, 15) is 0 Å². The molecule has 0 aliphatic carbocycles. The van der Waals surface area contributed by atoms with Gasteiger partial charge in [0.2, 0.25) is 0 Å². The van der Waals surface area contributed by atoms with Crippen LogP contribution in [0.3, 0.4) is 0 Å². The Labute approximate surface area is 99.8 Å². The number of rotatable bonds is 4. The van der Waals surface area contributed by atoms with E-state index in [-0.39, 0.29) is 0 Å². The fourth-order valence-corrected chi connectivity index (χ4v) is 2.21. The van der Waals surface area contributed by atoms with Crippen LogP contribution in [0.4, 0.5) is 0 Å². The largest absolute Gasteiger partial charge is 0.0922 e. The van der Waals surface area contributed by atoms with E-state index in [4.69, 9.17) is 11.6 Å². The first-order chi connectivity index (χ1) is 6.59. The molecule has 0 aromatic heterocycles. The highest BCUT2D eigenvalue weighted by molar-refractivity contribution is 9.09. The molecule has 0 aliphatic heterocycles. The van der Waals surface area contributed by atoms with Gasteiger partial charge < -0.3 is 0 Å². The van der Waals surface area contributed by atoms with E-state index in [2.05, 4.69) is 41.9 Å². The summed E-state index contributed by atoms with van der Waals surface area (Å²) in [6.45, 7) is 4.52. The van der Waals surface area contributed by atoms with Crippen LogP contribution >= 0.6 is 27.5 Å². The van der Waals surface area contributed by atoms with Gasteiger partial charge in [0.1, 0.15) is 0 Å². The predicted octanol–water partition coefficient (Wildman–Crippen LogP) is 4.69. The summed E-state index contributed by atoms with van der Waals surface area (Å²) in [6.07, 6.45) is 2.25. The van der Waals surface area contributed by atoms with Crippen molar-refractivity contribution in [2.24, 2.45) is 5.41 Å². The highest BCUT2D eigenvalue weighted by Gasteiger charge is 2.20. The van der Waals surface area contributed by atoms with Crippen LogP contribution < -0.4 is 0 Å². The average molecular weight is 276 g/mol. The second kappa shape index (κ2) is 5.18. The van der Waals surface area contributed by atoms with Gasteiger partial charge in [-0.05, 0) is 36.0 Å². The van der Waals surface area contributed by atoms with Crippen molar-refractivity contribution in [2.45, 2.75) is 26.7 Å². The summed E-state index contributed by atoms with van der Waals surface area (Å²) in [4.78, 5) is 0. The van der Waals surface area contributed by atoms with Crippen LogP contribution in [-0.4, -0.2) is 5.33 Å². The standard InChI is InChI=1S/C12H16BrCl/c1-3-12(2,9-13)8-10-5-4-6-11(14)7-10/h4-7H,3,8-9H2,1-2H3. The molecule has 1 unspecified atom stereocenters. The minimum absolute atomic E-state index is 0.338. The molecular weight excluding hydrogens is 259 g/mol. The normalized spacial score (nSPS) is 15.1. The van der Waals surface area contributed by atoms with Gasteiger partial charge in [-0.2, -0.15) is 0 Å². The van der Waals surface area contributed by atoms with E-state index in [0.29, 0.717) is 5.41 Å². The van der Waals surface area contributed by atoms with Gasteiger partial charge in [-0.15, -0.1) is 0 Å². The van der Waals surface area contributed by atoms with Gasteiger partial charge in [-0.25, -0.2) is 0 Å². The Kier molecular flexibility index (Phi) is 4.46. The Morgan fingerprint density at radius 3 is 2.64 bits per heavy atom. The van der Waals surface area contributed by atoms with E-state index in [1.54, 1.807) is 0 Å². The molecular formula is C12H16BrCl. The third-order valence-corrected chi connectivity index (χ3v) is 4.28. The minimum atomic E-state index is 0.338. The molecule has 78 valence electrons. The van der Waals surface area contributed by atoms with Crippen LogP contribution in [0.25, 0.3) is 0 Å². The fourth-order valence-electron chi connectivity index (χ4n) is 1.41. The van der Waals surface area contributed by atoms with E-state index in [1.165, 1.54) is 12.0 Å². The Hall–Kier alpha value is -0.0100. The van der Waals surface area contributed by atoms with Crippen LogP contribution in [0.15, 0.2) is 24.3 Å². The number of hydrogen-bond donors (Lipinski definition) is 0. The molecule has 2 heteroatoms. The molecule has 0 nitrogen and oxygen atoms in total. The maximum absolute atomic E-state index is 5.95. The molecule has 0 bridgehead atoms. The monoisotopic (exact) mass is 274 g/mol. The van der Waals surface area contributed by atoms with Gasteiger partial charge in [0, 0.05) is 10.4 Å². The van der Waals surface area contributed by atoms with Gasteiger partial charge in [-0.3, -0.25) is 0 Å². The van der Waals surface area contributed by atoms with Crippen molar-refractivity contribution >= 4 is 27.5 Å². The number of halogens is 2. The topological polar surface area (TPSA) is 0 Å². The summed E-state index contributed by atoms with van der Waals surface area (Å²) in [5.41, 5.74) is 1.66. The van der Waals surface area contributed by atoms with Crippen molar-refractivity contribution in [3.8, 4) is 0 Å². The average Bonchev–Trinajstić information content (AvgIpc) is 2.18. The van der Waals surface area contributed by atoms with Crippen LogP contribution in [0.2, 0.25) is 5.02 Å². The lowest BCUT2D eigenvalue weighted by molar-refractivity contribution is 0.361. The molecule has 0 radical (unpaired) electrons. The second-order valence-corrected chi connectivity index (χ2v) is 5.10. The molecule has 0 N–H and O–H groups in total. The number of hydrogen-bond acceptors (Lipinski definition) is 0. The van der Waals surface area contributed by atoms with Crippen molar-refractivity contribution in [2.75, 3.05) is 5.33 Å². The highest BCUT2D eigenvalue weighted by Crippen LogP contribution is 2.29. The lowest BCUT2D eigenvalue weighted by Gasteiger charge is -2.25. The second-order valence-electron chi connectivity index (χ2n) is 4.10. The fraction of sp³-hybridized carbons (Fsp3) is 0.500. The molecule has 0 amide bonds. The molecule has 0 aliphatic rings. The number of alkyl halides is 1. The van der Waals surface area contributed by atoms with Crippen molar-refractivity contribution in [1.82, 2.24) is 0 Å². The molecule has 0 fully saturated rings. The molecule has 1 atom stereocenters. The Balaban J connectivity index is 2.77. The molecule has 0 heterocycles. The smallest absolute Gasteiger partial charge is 0.0408 e. The van der Waals surface area contributed by atoms with E-state index in [1.807, 2.05) is 12.1 Å². The van der Waals surface area contributed by atoms with Crippen molar-refractivity contribution in [3.63, 3.8) is 0 Å². The van der Waals surface area contributed by atoms with Gasteiger partial charge in [-0.1, -0.05) is 53.5 Å². The summed E-state index contributed by atoms with van der Waals surface area (Å²) in [6, 6.07) is 8.13. The summed E-state index contributed by atoms with van der Waals surface area (Å²) in [5, 5.41) is 1.86. The molecule has 1 aromatic rings. The first-order valence-corrected chi connectivity index (χ1v) is 6.40. The maximum atomic E-state index is 5.95. The Bertz CT molecular complexity index is 292. The van der Waals surface area contributed by atoms with E-state index >= 15 is 0 Å². The van der Waals surface area contributed by atoms with Crippen LogP contribution in [0, 0.1) is 5.41 Å². The first kappa shape index (κ1) is 12.1. The van der Waals surface area contributed by atoms with Crippen LogP contribution in [0.5, 0.6) is 0 Å². The summed E-state index contributed by atoms with van der Waals surface area (Å²) >= 11 is 9.52.